The van der Waals surface area contributed by atoms with Gasteiger partial charge in [0, 0.05) is 18.0 Å². The number of benzene rings is 1. The van der Waals surface area contributed by atoms with Crippen LogP contribution < -0.4 is 5.32 Å². The average molecular weight is 324 g/mol. The fraction of sp³-hybridized carbons (Fsp3) is 0.375. The highest BCUT2D eigenvalue weighted by Crippen LogP contribution is 2.23. The van der Waals surface area contributed by atoms with Gasteiger partial charge in [0.25, 0.3) is 5.91 Å². The van der Waals surface area contributed by atoms with Crippen LogP contribution in [0.25, 0.3) is 0 Å². The molecule has 23 heavy (non-hydrogen) atoms. The number of aromatic nitrogens is 1. The van der Waals surface area contributed by atoms with Crippen molar-refractivity contribution >= 4 is 5.91 Å². The van der Waals surface area contributed by atoms with Gasteiger partial charge in [0.2, 0.25) is 0 Å². The highest BCUT2D eigenvalue weighted by Gasteiger charge is 2.23. The van der Waals surface area contributed by atoms with E-state index in [-0.39, 0.29) is 17.7 Å². The van der Waals surface area contributed by atoms with Crippen molar-refractivity contribution in [3.05, 3.63) is 52.9 Å². The van der Waals surface area contributed by atoms with Crippen molar-refractivity contribution in [3.63, 3.8) is 0 Å². The molecular formula is C16H18F2N2O3. The van der Waals surface area contributed by atoms with Crippen LogP contribution in [0.3, 0.4) is 0 Å². The zero-order valence-electron chi connectivity index (χ0n) is 13.1. The Morgan fingerprint density at radius 1 is 1.35 bits per heavy atom. The first-order valence-corrected chi connectivity index (χ1v) is 7.07. The second kappa shape index (κ2) is 6.45. The van der Waals surface area contributed by atoms with Crippen molar-refractivity contribution in [1.82, 2.24) is 10.5 Å². The first-order valence-electron chi connectivity index (χ1n) is 7.07. The number of hydrogen-bond acceptors (Lipinski definition) is 4. The average Bonchev–Trinajstić information content (AvgIpc) is 2.94. The van der Waals surface area contributed by atoms with Crippen molar-refractivity contribution in [1.29, 1.82) is 0 Å². The van der Waals surface area contributed by atoms with Crippen LogP contribution in [0.15, 0.2) is 28.8 Å². The van der Waals surface area contributed by atoms with Crippen LogP contribution in [0.1, 0.15) is 48.7 Å². The third-order valence-electron chi connectivity index (χ3n) is 3.27. The summed E-state index contributed by atoms with van der Waals surface area (Å²) in [6, 6.07) is 4.77. The molecule has 7 heteroatoms. The smallest absolute Gasteiger partial charge is 0.273 e. The van der Waals surface area contributed by atoms with Gasteiger partial charge in [-0.1, -0.05) is 32.0 Å². The maximum atomic E-state index is 13.5. The summed E-state index contributed by atoms with van der Waals surface area (Å²) in [7, 11) is 0. The Morgan fingerprint density at radius 2 is 1.96 bits per heavy atom. The molecule has 124 valence electrons. The minimum absolute atomic E-state index is 0.0381. The second-order valence-corrected chi connectivity index (χ2v) is 6.19. The Bertz CT molecular complexity index is 687. The lowest BCUT2D eigenvalue weighted by Crippen LogP contribution is -2.29. The molecular weight excluding hydrogens is 306 g/mol. The number of aliphatic hydroxyl groups excluding tert-OH is 1. The summed E-state index contributed by atoms with van der Waals surface area (Å²) in [5.41, 5.74) is -0.749. The van der Waals surface area contributed by atoms with Gasteiger partial charge in [-0.05, 0) is 12.1 Å². The number of halogens is 2. The van der Waals surface area contributed by atoms with E-state index in [0.717, 1.165) is 12.1 Å². The Labute approximate surface area is 132 Å². The predicted molar refractivity (Wildman–Crippen MR) is 78.9 cm³/mol. The normalized spacial score (nSPS) is 13.0. The molecule has 2 N–H and O–H groups in total. The number of carbonyl (C=O) groups is 1. The molecule has 0 aliphatic heterocycles. The fourth-order valence-electron chi connectivity index (χ4n) is 1.95. The molecule has 0 bridgehead atoms. The predicted octanol–water partition coefficient (Wildman–Crippen LogP) is 2.71. The van der Waals surface area contributed by atoms with E-state index in [0.29, 0.717) is 5.76 Å². The minimum Gasteiger partial charge on any atom is -0.386 e. The maximum Gasteiger partial charge on any atom is 0.273 e. The number of aliphatic hydroxyl groups is 1. The number of nitrogens with one attached hydrogen (secondary N) is 1. The van der Waals surface area contributed by atoms with Gasteiger partial charge in [0.05, 0.1) is 5.56 Å². The summed E-state index contributed by atoms with van der Waals surface area (Å²) in [6.07, 6.45) is -1.51. The summed E-state index contributed by atoms with van der Waals surface area (Å²) < 4.78 is 32.2. The molecule has 1 amide bonds. The number of amides is 1. The van der Waals surface area contributed by atoms with E-state index < -0.39 is 29.2 Å². The maximum absolute atomic E-state index is 13.5. The molecule has 0 aliphatic carbocycles. The highest BCUT2D eigenvalue weighted by atomic mass is 19.1. The topological polar surface area (TPSA) is 75.4 Å². The molecule has 0 fully saturated rings. The number of carbonyl (C=O) groups excluding carboxylic acids is 1. The third-order valence-corrected chi connectivity index (χ3v) is 3.27. The largest absolute Gasteiger partial charge is 0.386 e. The Kier molecular flexibility index (Phi) is 4.79. The van der Waals surface area contributed by atoms with Gasteiger partial charge < -0.3 is 14.9 Å². The summed E-state index contributed by atoms with van der Waals surface area (Å²) in [5, 5.41) is 15.9. The molecule has 1 heterocycles. The minimum atomic E-state index is -1.51. The third kappa shape index (κ3) is 3.92. The molecule has 0 saturated carbocycles. The summed E-state index contributed by atoms with van der Waals surface area (Å²) in [4.78, 5) is 12.0. The van der Waals surface area contributed by atoms with Gasteiger partial charge >= 0.3 is 0 Å². The lowest BCUT2D eigenvalue weighted by atomic mass is 9.93. The van der Waals surface area contributed by atoms with E-state index in [4.69, 9.17) is 4.52 Å². The molecule has 0 saturated heterocycles. The lowest BCUT2D eigenvalue weighted by molar-refractivity contribution is 0.0902. The molecule has 0 radical (unpaired) electrons. The molecule has 1 aromatic heterocycles. The van der Waals surface area contributed by atoms with Crippen molar-refractivity contribution in [2.24, 2.45) is 0 Å². The number of rotatable bonds is 4. The first-order chi connectivity index (χ1) is 10.7. The van der Waals surface area contributed by atoms with E-state index in [1.54, 1.807) is 0 Å². The molecule has 1 aromatic carbocycles. The van der Waals surface area contributed by atoms with E-state index in [2.05, 4.69) is 10.5 Å². The summed E-state index contributed by atoms with van der Waals surface area (Å²) in [6.45, 7) is 5.36. The van der Waals surface area contributed by atoms with Crippen molar-refractivity contribution in [2.75, 3.05) is 6.54 Å². The Morgan fingerprint density at radius 3 is 2.48 bits per heavy atom. The standard InChI is InChI=1S/C16H18F2N2O3/c1-16(2,3)13-7-11(20-23-13)15(22)19-8-12(21)14-9(17)5-4-6-10(14)18/h4-7,12,21H,8H2,1-3H3,(H,19,22)/t12-/m1/s1. The monoisotopic (exact) mass is 324 g/mol. The second-order valence-electron chi connectivity index (χ2n) is 6.19. The van der Waals surface area contributed by atoms with E-state index in [9.17, 15) is 18.7 Å². The van der Waals surface area contributed by atoms with Crippen LogP contribution in [0, 0.1) is 11.6 Å². The zero-order chi connectivity index (χ0) is 17.2. The van der Waals surface area contributed by atoms with Crippen LogP contribution in [0.5, 0.6) is 0 Å². The van der Waals surface area contributed by atoms with E-state index in [1.807, 2.05) is 20.8 Å². The van der Waals surface area contributed by atoms with Gasteiger partial charge in [-0.15, -0.1) is 0 Å². The van der Waals surface area contributed by atoms with Crippen LogP contribution in [0.4, 0.5) is 8.78 Å². The molecule has 0 unspecified atom stereocenters. The first kappa shape index (κ1) is 17.1. The van der Waals surface area contributed by atoms with Gasteiger partial charge in [-0.3, -0.25) is 4.79 Å². The van der Waals surface area contributed by atoms with Crippen LogP contribution in [-0.4, -0.2) is 22.7 Å². The van der Waals surface area contributed by atoms with Crippen LogP contribution >= 0.6 is 0 Å². The van der Waals surface area contributed by atoms with Gasteiger partial charge in [0.15, 0.2) is 5.69 Å². The molecule has 0 aliphatic rings. The van der Waals surface area contributed by atoms with Crippen molar-refractivity contribution < 1.29 is 23.2 Å². The SMILES string of the molecule is CC(C)(C)c1cc(C(=O)NC[C@@H](O)c2c(F)cccc2F)no1. The van der Waals surface area contributed by atoms with Crippen LogP contribution in [0.2, 0.25) is 0 Å². The number of nitrogens with zero attached hydrogens (tertiary/aromatic N) is 1. The Hall–Kier alpha value is -2.28. The van der Waals surface area contributed by atoms with E-state index >= 15 is 0 Å². The lowest BCUT2D eigenvalue weighted by Gasteiger charge is -2.13. The van der Waals surface area contributed by atoms with Crippen molar-refractivity contribution in [2.45, 2.75) is 32.3 Å². The molecule has 2 rings (SSSR count). The molecule has 1 atom stereocenters. The fourth-order valence-corrected chi connectivity index (χ4v) is 1.95. The van der Waals surface area contributed by atoms with Gasteiger partial charge in [-0.2, -0.15) is 0 Å². The van der Waals surface area contributed by atoms with Crippen LogP contribution in [-0.2, 0) is 5.41 Å². The van der Waals surface area contributed by atoms with Gasteiger partial charge in [0.1, 0.15) is 23.5 Å². The molecule has 2 aromatic rings. The quantitative estimate of drug-likeness (QED) is 0.907. The zero-order valence-corrected chi connectivity index (χ0v) is 13.1. The van der Waals surface area contributed by atoms with Crippen molar-refractivity contribution in [3.8, 4) is 0 Å². The number of hydrogen-bond donors (Lipinski definition) is 2. The Balaban J connectivity index is 2.03. The molecule has 0 spiro atoms. The highest BCUT2D eigenvalue weighted by molar-refractivity contribution is 5.92. The summed E-state index contributed by atoms with van der Waals surface area (Å²) in [5.74, 6) is -1.81. The summed E-state index contributed by atoms with van der Waals surface area (Å²) >= 11 is 0. The molecule has 5 nitrogen and oxygen atoms in total. The van der Waals surface area contributed by atoms with E-state index in [1.165, 1.54) is 12.1 Å². The van der Waals surface area contributed by atoms with Gasteiger partial charge in [-0.25, -0.2) is 8.78 Å².